The first-order valence-corrected chi connectivity index (χ1v) is 8.49. The van der Waals surface area contributed by atoms with Crippen LogP contribution in [0.5, 0.6) is 0 Å². The Labute approximate surface area is 134 Å². The zero-order chi connectivity index (χ0) is 14.7. The molecular formula is C17H21BrN2O. The fourth-order valence-corrected chi connectivity index (χ4v) is 3.30. The quantitative estimate of drug-likeness (QED) is 0.887. The highest BCUT2D eigenvalue weighted by molar-refractivity contribution is 9.10. The maximum Gasteiger partial charge on any atom is 0.0846 e. The van der Waals surface area contributed by atoms with Crippen LogP contribution in [0.1, 0.15) is 55.5 Å². The summed E-state index contributed by atoms with van der Waals surface area (Å²) < 4.78 is 3.13. The third-order valence-corrected chi connectivity index (χ3v) is 4.80. The minimum absolute atomic E-state index is 0.493. The normalized spacial score (nSPS) is 17.8. The van der Waals surface area contributed by atoms with Gasteiger partial charge in [0.25, 0.3) is 0 Å². The van der Waals surface area contributed by atoms with Gasteiger partial charge in [0, 0.05) is 17.1 Å². The zero-order valence-corrected chi connectivity index (χ0v) is 13.7. The molecule has 1 saturated carbocycles. The van der Waals surface area contributed by atoms with Crippen molar-refractivity contribution in [1.82, 2.24) is 9.78 Å². The maximum atomic E-state index is 10.3. The number of hydrogen-bond donors (Lipinski definition) is 1. The first-order valence-electron chi connectivity index (χ1n) is 7.70. The molecule has 0 bridgehead atoms. The summed E-state index contributed by atoms with van der Waals surface area (Å²) in [5, 5.41) is 15.0. The summed E-state index contributed by atoms with van der Waals surface area (Å²) in [4.78, 5) is 0. The van der Waals surface area contributed by atoms with Crippen molar-refractivity contribution in [3.63, 3.8) is 0 Å². The van der Waals surface area contributed by atoms with Gasteiger partial charge in [-0.2, -0.15) is 5.10 Å². The Balaban J connectivity index is 1.64. The van der Waals surface area contributed by atoms with Gasteiger partial charge in [-0.15, -0.1) is 0 Å². The van der Waals surface area contributed by atoms with Crippen LogP contribution in [0.15, 0.2) is 41.0 Å². The molecule has 0 aliphatic heterocycles. The molecule has 1 unspecified atom stereocenters. The third kappa shape index (κ3) is 3.74. The molecule has 1 aromatic carbocycles. The first-order chi connectivity index (χ1) is 10.2. The molecule has 1 atom stereocenters. The summed E-state index contributed by atoms with van der Waals surface area (Å²) in [5.74, 6) is 0. The molecule has 2 aromatic rings. The van der Waals surface area contributed by atoms with Gasteiger partial charge >= 0.3 is 0 Å². The zero-order valence-electron chi connectivity index (χ0n) is 12.1. The number of aliphatic hydroxyl groups excluding tert-OH is 1. The molecular weight excluding hydrogens is 328 g/mol. The molecule has 0 spiro atoms. The van der Waals surface area contributed by atoms with E-state index in [1.165, 1.54) is 32.1 Å². The smallest absolute Gasteiger partial charge is 0.0846 e. The molecule has 1 aromatic heterocycles. The van der Waals surface area contributed by atoms with E-state index in [4.69, 9.17) is 0 Å². The van der Waals surface area contributed by atoms with Crippen LogP contribution in [0.2, 0.25) is 0 Å². The van der Waals surface area contributed by atoms with Crippen molar-refractivity contribution in [2.45, 2.75) is 50.7 Å². The van der Waals surface area contributed by atoms with Crippen molar-refractivity contribution in [1.29, 1.82) is 0 Å². The molecule has 1 N–H and O–H groups in total. The lowest BCUT2D eigenvalue weighted by Crippen LogP contribution is -2.13. The number of benzene rings is 1. The molecule has 4 heteroatoms. The van der Waals surface area contributed by atoms with E-state index in [1.807, 2.05) is 30.3 Å². The Hall–Kier alpha value is -1.13. The number of hydrogen-bond acceptors (Lipinski definition) is 2. The van der Waals surface area contributed by atoms with Crippen molar-refractivity contribution >= 4 is 15.9 Å². The van der Waals surface area contributed by atoms with E-state index in [0.29, 0.717) is 12.5 Å². The molecule has 1 aliphatic rings. The Morgan fingerprint density at radius 1 is 1.14 bits per heavy atom. The van der Waals surface area contributed by atoms with Crippen LogP contribution in [0.4, 0.5) is 0 Å². The van der Waals surface area contributed by atoms with Gasteiger partial charge in [0.2, 0.25) is 0 Å². The fraction of sp³-hybridized carbons (Fsp3) is 0.471. The maximum absolute atomic E-state index is 10.3. The second kappa shape index (κ2) is 6.75. The van der Waals surface area contributed by atoms with Gasteiger partial charge in [-0.1, -0.05) is 47.3 Å². The van der Waals surface area contributed by atoms with Crippen LogP contribution in [0, 0.1) is 0 Å². The van der Waals surface area contributed by atoms with Gasteiger partial charge in [0.05, 0.1) is 17.8 Å². The fourth-order valence-electron chi connectivity index (χ4n) is 3.04. The third-order valence-electron chi connectivity index (χ3n) is 4.27. The molecule has 21 heavy (non-hydrogen) atoms. The van der Waals surface area contributed by atoms with Crippen LogP contribution in [-0.2, 0) is 6.42 Å². The highest BCUT2D eigenvalue weighted by Crippen LogP contribution is 2.28. The largest absolute Gasteiger partial charge is 0.388 e. The summed E-state index contributed by atoms with van der Waals surface area (Å²) >= 11 is 3.41. The Morgan fingerprint density at radius 2 is 1.86 bits per heavy atom. The van der Waals surface area contributed by atoms with Crippen molar-refractivity contribution < 1.29 is 5.11 Å². The van der Waals surface area contributed by atoms with E-state index in [9.17, 15) is 5.11 Å². The lowest BCUT2D eigenvalue weighted by Gasteiger charge is -2.21. The van der Waals surface area contributed by atoms with Gasteiger partial charge in [-0.3, -0.25) is 4.68 Å². The summed E-state index contributed by atoms with van der Waals surface area (Å²) in [6.07, 6.45) is 8.58. The van der Waals surface area contributed by atoms with Gasteiger partial charge in [0.15, 0.2) is 0 Å². The molecule has 1 fully saturated rings. The van der Waals surface area contributed by atoms with Crippen molar-refractivity contribution in [3.8, 4) is 0 Å². The highest BCUT2D eigenvalue weighted by atomic mass is 79.9. The van der Waals surface area contributed by atoms with E-state index >= 15 is 0 Å². The lowest BCUT2D eigenvalue weighted by molar-refractivity contribution is 0.176. The van der Waals surface area contributed by atoms with Gasteiger partial charge in [-0.25, -0.2) is 0 Å². The minimum atomic E-state index is -0.493. The van der Waals surface area contributed by atoms with Crippen molar-refractivity contribution in [3.05, 3.63) is 52.3 Å². The summed E-state index contributed by atoms with van der Waals surface area (Å²) in [5.41, 5.74) is 1.90. The number of nitrogens with zero attached hydrogens (tertiary/aromatic N) is 2. The second-order valence-corrected chi connectivity index (χ2v) is 6.77. The highest BCUT2D eigenvalue weighted by Gasteiger charge is 2.17. The number of halogens is 1. The predicted octanol–water partition coefficient (Wildman–Crippen LogP) is 4.43. The van der Waals surface area contributed by atoms with E-state index in [2.05, 4.69) is 31.9 Å². The van der Waals surface area contributed by atoms with Gasteiger partial charge in [0.1, 0.15) is 0 Å². The number of rotatable bonds is 4. The van der Waals surface area contributed by atoms with E-state index < -0.39 is 6.10 Å². The van der Waals surface area contributed by atoms with Crippen LogP contribution < -0.4 is 0 Å². The minimum Gasteiger partial charge on any atom is -0.388 e. The molecule has 0 saturated heterocycles. The van der Waals surface area contributed by atoms with Gasteiger partial charge < -0.3 is 5.11 Å². The van der Waals surface area contributed by atoms with E-state index in [-0.39, 0.29) is 0 Å². The van der Waals surface area contributed by atoms with Crippen LogP contribution in [0.3, 0.4) is 0 Å². The van der Waals surface area contributed by atoms with Crippen molar-refractivity contribution in [2.75, 3.05) is 0 Å². The lowest BCUT2D eigenvalue weighted by atomic mass is 9.96. The monoisotopic (exact) mass is 348 g/mol. The Morgan fingerprint density at radius 3 is 2.57 bits per heavy atom. The SMILES string of the molecule is OC(Cc1ccn(C2CCCCC2)n1)c1ccc(Br)cc1. The number of aliphatic hydroxyl groups is 1. The summed E-state index contributed by atoms with van der Waals surface area (Å²) in [7, 11) is 0. The first kappa shape index (κ1) is 14.8. The predicted molar refractivity (Wildman–Crippen MR) is 87.2 cm³/mol. The topological polar surface area (TPSA) is 38.0 Å². The van der Waals surface area contributed by atoms with Crippen LogP contribution >= 0.6 is 15.9 Å². The van der Waals surface area contributed by atoms with Crippen LogP contribution in [-0.4, -0.2) is 14.9 Å². The van der Waals surface area contributed by atoms with Gasteiger partial charge in [-0.05, 0) is 36.6 Å². The molecule has 3 nitrogen and oxygen atoms in total. The average Bonchev–Trinajstić information content (AvgIpc) is 2.97. The summed E-state index contributed by atoms with van der Waals surface area (Å²) in [6.45, 7) is 0. The molecule has 3 rings (SSSR count). The number of aromatic nitrogens is 2. The molecule has 1 heterocycles. The molecule has 0 radical (unpaired) electrons. The molecule has 112 valence electrons. The Bertz CT molecular complexity index is 573. The van der Waals surface area contributed by atoms with E-state index in [1.54, 1.807) is 0 Å². The summed E-state index contributed by atoms with van der Waals surface area (Å²) in [6, 6.07) is 10.4. The standard InChI is InChI=1S/C17H21BrN2O/c18-14-8-6-13(7-9-14)17(21)12-15-10-11-20(19-15)16-4-2-1-3-5-16/h6-11,16-17,21H,1-5,12H2. The Kier molecular flexibility index (Phi) is 4.76. The second-order valence-electron chi connectivity index (χ2n) is 5.85. The van der Waals surface area contributed by atoms with E-state index in [0.717, 1.165) is 15.7 Å². The average molecular weight is 349 g/mol. The van der Waals surface area contributed by atoms with Crippen LogP contribution in [0.25, 0.3) is 0 Å². The molecule has 1 aliphatic carbocycles. The van der Waals surface area contributed by atoms with Crippen molar-refractivity contribution in [2.24, 2.45) is 0 Å². The molecule has 0 amide bonds.